The molecule has 0 saturated carbocycles. The quantitative estimate of drug-likeness (QED) is 0.474. The fourth-order valence-corrected chi connectivity index (χ4v) is 1.54. The van der Waals surface area contributed by atoms with Crippen LogP contribution in [0.25, 0.3) is 0 Å². The number of hydrogen-bond acceptors (Lipinski definition) is 5. The Balaban J connectivity index is 3.22. The number of phosphoric acid groups is 1. The molecule has 3 N–H and O–H groups in total. The second-order valence-electron chi connectivity index (χ2n) is 2.95. The molecule has 8 heteroatoms. The van der Waals surface area contributed by atoms with Gasteiger partial charge in [-0.25, -0.2) is 14.9 Å². The third-order valence-electron chi connectivity index (χ3n) is 1.68. The third kappa shape index (κ3) is 2.86. The van der Waals surface area contributed by atoms with E-state index in [1.807, 2.05) is 0 Å². The summed E-state index contributed by atoms with van der Waals surface area (Å²) in [5.41, 5.74) is 0.261. The Labute approximate surface area is 90.4 Å². The summed E-state index contributed by atoms with van der Waals surface area (Å²) < 4.78 is 32.3. The van der Waals surface area contributed by atoms with Crippen LogP contribution in [0.15, 0.2) is 12.1 Å². The summed E-state index contributed by atoms with van der Waals surface area (Å²) in [5.74, 6) is 2.86. The van der Waals surface area contributed by atoms with Crippen LogP contribution < -0.4 is 10.4 Å². The van der Waals surface area contributed by atoms with Gasteiger partial charge in [-0.05, 0) is 24.6 Å². The molecule has 88 valence electrons. The summed E-state index contributed by atoms with van der Waals surface area (Å²) in [7, 11) is -4.60. The van der Waals surface area contributed by atoms with Crippen LogP contribution in [0.4, 0.5) is 4.39 Å². The van der Waals surface area contributed by atoms with Gasteiger partial charge in [0, 0.05) is 0 Å². The van der Waals surface area contributed by atoms with E-state index in [-0.39, 0.29) is 5.56 Å². The highest BCUT2D eigenvalue weighted by Gasteiger charge is 2.25. The zero-order valence-corrected chi connectivity index (χ0v) is 9.11. The van der Waals surface area contributed by atoms with Gasteiger partial charge in [-0.15, -0.1) is 0 Å². The SMILES string of the molecule is Cc1cc(F)c(OP(=O)(O)ON)c(C=O)c1. The molecule has 1 unspecified atom stereocenters. The predicted octanol–water partition coefficient (Wildman–Crippen LogP) is 1.32. The van der Waals surface area contributed by atoms with E-state index < -0.39 is 19.4 Å². The smallest absolute Gasteiger partial charge is 0.399 e. The van der Waals surface area contributed by atoms with Crippen molar-refractivity contribution in [2.75, 3.05) is 0 Å². The molecule has 0 amide bonds. The number of nitrogens with two attached hydrogens (primary N) is 1. The first-order valence-corrected chi connectivity index (χ1v) is 5.55. The molecule has 1 atom stereocenters. The third-order valence-corrected chi connectivity index (χ3v) is 2.36. The number of phosphoric ester groups is 1. The Morgan fingerprint density at radius 2 is 2.19 bits per heavy atom. The van der Waals surface area contributed by atoms with E-state index in [4.69, 9.17) is 4.89 Å². The molecule has 16 heavy (non-hydrogen) atoms. The van der Waals surface area contributed by atoms with Crippen molar-refractivity contribution in [3.63, 3.8) is 0 Å². The maximum absolute atomic E-state index is 13.4. The van der Waals surface area contributed by atoms with Gasteiger partial charge in [0.1, 0.15) is 0 Å². The van der Waals surface area contributed by atoms with E-state index in [1.54, 1.807) is 6.92 Å². The van der Waals surface area contributed by atoms with E-state index in [0.29, 0.717) is 11.8 Å². The lowest BCUT2D eigenvalue weighted by Crippen LogP contribution is -2.05. The van der Waals surface area contributed by atoms with Crippen LogP contribution >= 0.6 is 7.82 Å². The minimum absolute atomic E-state index is 0.205. The van der Waals surface area contributed by atoms with Gasteiger partial charge in [0.2, 0.25) is 0 Å². The fraction of sp³-hybridized carbons (Fsp3) is 0.125. The van der Waals surface area contributed by atoms with Crippen LogP contribution in [-0.4, -0.2) is 11.2 Å². The number of carbonyl (C=O) groups excluding carboxylic acids is 1. The second kappa shape index (κ2) is 4.71. The lowest BCUT2D eigenvalue weighted by Gasteiger charge is -2.12. The van der Waals surface area contributed by atoms with Crippen LogP contribution in [0.1, 0.15) is 15.9 Å². The monoisotopic (exact) mass is 249 g/mol. The van der Waals surface area contributed by atoms with Crippen molar-refractivity contribution in [1.29, 1.82) is 0 Å². The number of hydrogen-bond donors (Lipinski definition) is 2. The molecule has 0 fully saturated rings. The highest BCUT2D eigenvalue weighted by molar-refractivity contribution is 7.47. The van der Waals surface area contributed by atoms with Gasteiger partial charge in [-0.2, -0.15) is 4.62 Å². The Morgan fingerprint density at radius 1 is 1.56 bits per heavy atom. The van der Waals surface area contributed by atoms with E-state index >= 15 is 0 Å². The maximum atomic E-state index is 13.4. The van der Waals surface area contributed by atoms with Crippen molar-refractivity contribution >= 4 is 14.1 Å². The first-order chi connectivity index (χ1) is 7.39. The van der Waals surface area contributed by atoms with Crippen molar-refractivity contribution in [1.82, 2.24) is 0 Å². The predicted molar refractivity (Wildman–Crippen MR) is 52.3 cm³/mol. The van der Waals surface area contributed by atoms with Crippen LogP contribution in [0.3, 0.4) is 0 Å². The minimum atomic E-state index is -4.60. The van der Waals surface area contributed by atoms with Crippen LogP contribution in [0.5, 0.6) is 5.75 Å². The Hall–Kier alpha value is -1.27. The number of carbonyl (C=O) groups is 1. The number of aldehydes is 1. The van der Waals surface area contributed by atoms with Crippen LogP contribution in [0, 0.1) is 12.7 Å². The number of halogens is 1. The lowest BCUT2D eigenvalue weighted by molar-refractivity contribution is 0.112. The second-order valence-corrected chi connectivity index (χ2v) is 4.28. The van der Waals surface area contributed by atoms with Crippen molar-refractivity contribution in [2.24, 2.45) is 5.90 Å². The largest absolute Gasteiger partial charge is 0.544 e. The topological polar surface area (TPSA) is 98.8 Å². The molecule has 1 rings (SSSR count). The zero-order valence-electron chi connectivity index (χ0n) is 8.21. The van der Waals surface area contributed by atoms with E-state index in [1.165, 1.54) is 6.07 Å². The summed E-state index contributed by atoms with van der Waals surface area (Å²) >= 11 is 0. The molecule has 0 aliphatic rings. The van der Waals surface area contributed by atoms with Gasteiger partial charge in [-0.3, -0.25) is 9.69 Å². The molecular weight excluding hydrogens is 240 g/mol. The first-order valence-electron chi connectivity index (χ1n) is 4.06. The number of benzene rings is 1. The standard InChI is InChI=1S/C8H9FNO5P/c1-5-2-6(4-11)8(7(9)3-5)14-16(12,13)15-10/h2-4H,10H2,1H3,(H,12,13). The zero-order chi connectivity index (χ0) is 12.3. The maximum Gasteiger partial charge on any atom is 0.544 e. The average molecular weight is 249 g/mol. The average Bonchev–Trinajstić information content (AvgIpc) is 2.21. The first kappa shape index (κ1) is 12.8. The van der Waals surface area contributed by atoms with Gasteiger partial charge in [0.05, 0.1) is 5.56 Å². The molecule has 1 aromatic rings. The summed E-state index contributed by atoms with van der Waals surface area (Å²) in [6, 6.07) is 2.33. The van der Waals surface area contributed by atoms with E-state index in [2.05, 4.69) is 15.0 Å². The molecule has 0 aliphatic carbocycles. The normalized spacial score (nSPS) is 14.2. The summed E-state index contributed by atoms with van der Waals surface area (Å²) in [5, 5.41) is 0. The lowest BCUT2D eigenvalue weighted by atomic mass is 10.1. The van der Waals surface area contributed by atoms with Gasteiger partial charge in [0.25, 0.3) is 0 Å². The minimum Gasteiger partial charge on any atom is -0.399 e. The van der Waals surface area contributed by atoms with Crippen LogP contribution in [0.2, 0.25) is 0 Å². The molecule has 1 aromatic carbocycles. The highest BCUT2D eigenvalue weighted by atomic mass is 31.2. The van der Waals surface area contributed by atoms with Gasteiger partial charge in [-0.1, -0.05) is 0 Å². The van der Waals surface area contributed by atoms with Gasteiger partial charge >= 0.3 is 7.82 Å². The van der Waals surface area contributed by atoms with Crippen molar-refractivity contribution in [3.05, 3.63) is 29.1 Å². The van der Waals surface area contributed by atoms with Crippen molar-refractivity contribution < 1.29 is 27.8 Å². The molecule has 0 radical (unpaired) electrons. The molecule has 0 saturated heterocycles. The number of aryl methyl sites for hydroxylation is 1. The molecule has 6 nitrogen and oxygen atoms in total. The molecule has 0 aromatic heterocycles. The van der Waals surface area contributed by atoms with Gasteiger partial charge in [0.15, 0.2) is 17.9 Å². The summed E-state index contributed by atoms with van der Waals surface area (Å²) in [6.07, 6.45) is 0.294. The molecule has 0 bridgehead atoms. The number of rotatable bonds is 4. The molecular formula is C8H9FNO5P. The van der Waals surface area contributed by atoms with E-state index in [0.717, 1.165) is 6.07 Å². The van der Waals surface area contributed by atoms with E-state index in [9.17, 15) is 13.8 Å². The van der Waals surface area contributed by atoms with Crippen molar-refractivity contribution in [3.8, 4) is 5.75 Å². The van der Waals surface area contributed by atoms with Gasteiger partial charge < -0.3 is 4.52 Å². The Bertz CT molecular complexity index is 464. The molecule has 0 aliphatic heterocycles. The summed E-state index contributed by atoms with van der Waals surface area (Å²) in [6.45, 7) is 1.55. The Morgan fingerprint density at radius 3 is 2.69 bits per heavy atom. The highest BCUT2D eigenvalue weighted by Crippen LogP contribution is 2.43. The van der Waals surface area contributed by atoms with Crippen LogP contribution in [-0.2, 0) is 9.19 Å². The molecule has 0 spiro atoms. The van der Waals surface area contributed by atoms with Crippen molar-refractivity contribution in [2.45, 2.75) is 6.92 Å². The Kier molecular flexibility index (Phi) is 3.77. The summed E-state index contributed by atoms with van der Waals surface area (Å²) in [4.78, 5) is 19.5. The molecule has 0 heterocycles. The fourth-order valence-electron chi connectivity index (χ4n) is 1.08.